The number of halogens is 3. The van der Waals surface area contributed by atoms with Crippen LogP contribution in [0.25, 0.3) is 0 Å². The third-order valence-corrected chi connectivity index (χ3v) is 2.34. The molecule has 88 valence electrons. The van der Waals surface area contributed by atoms with Gasteiger partial charge in [0.05, 0.1) is 7.11 Å². The molecule has 0 heterocycles. The van der Waals surface area contributed by atoms with Gasteiger partial charge in [-0.2, -0.15) is 4.39 Å². The van der Waals surface area contributed by atoms with Crippen LogP contribution >= 0.6 is 11.6 Å². The second-order valence-corrected chi connectivity index (χ2v) is 3.57. The predicted molar refractivity (Wildman–Crippen MR) is 57.2 cm³/mol. The maximum Gasteiger partial charge on any atom is 0.200 e. The summed E-state index contributed by atoms with van der Waals surface area (Å²) in [5, 5.41) is 0. The summed E-state index contributed by atoms with van der Waals surface area (Å²) >= 11 is 5.44. The zero-order valence-electron chi connectivity index (χ0n) is 8.73. The van der Waals surface area contributed by atoms with Gasteiger partial charge in [-0.3, -0.25) is 4.79 Å². The quantitative estimate of drug-likeness (QED) is 0.591. The maximum absolute atomic E-state index is 13.1. The SMILES string of the molecule is COc1cc(C(=O)CCCCl)cc(F)c1F. The van der Waals surface area contributed by atoms with Crippen molar-refractivity contribution in [1.29, 1.82) is 0 Å². The lowest BCUT2D eigenvalue weighted by atomic mass is 10.1. The van der Waals surface area contributed by atoms with Crippen molar-refractivity contribution in [3.8, 4) is 5.75 Å². The normalized spacial score (nSPS) is 10.2. The average Bonchev–Trinajstić information content (AvgIpc) is 2.29. The number of alkyl halides is 1. The third-order valence-electron chi connectivity index (χ3n) is 2.07. The van der Waals surface area contributed by atoms with Crippen molar-refractivity contribution in [2.45, 2.75) is 12.8 Å². The number of methoxy groups -OCH3 is 1. The Bertz CT molecular complexity index is 394. The highest BCUT2D eigenvalue weighted by Crippen LogP contribution is 2.22. The summed E-state index contributed by atoms with van der Waals surface area (Å²) in [6.45, 7) is 0. The highest BCUT2D eigenvalue weighted by atomic mass is 35.5. The molecule has 1 aromatic carbocycles. The molecule has 0 saturated heterocycles. The van der Waals surface area contributed by atoms with Crippen molar-refractivity contribution in [2.24, 2.45) is 0 Å². The molecule has 0 bridgehead atoms. The van der Waals surface area contributed by atoms with Crippen LogP contribution in [0.15, 0.2) is 12.1 Å². The lowest BCUT2D eigenvalue weighted by molar-refractivity contribution is 0.0981. The highest BCUT2D eigenvalue weighted by Gasteiger charge is 2.15. The van der Waals surface area contributed by atoms with E-state index < -0.39 is 11.6 Å². The van der Waals surface area contributed by atoms with Crippen molar-refractivity contribution >= 4 is 17.4 Å². The van der Waals surface area contributed by atoms with E-state index in [2.05, 4.69) is 4.74 Å². The fraction of sp³-hybridized carbons (Fsp3) is 0.364. The number of hydrogen-bond donors (Lipinski definition) is 0. The minimum Gasteiger partial charge on any atom is -0.494 e. The van der Waals surface area contributed by atoms with Crippen LogP contribution in [0.1, 0.15) is 23.2 Å². The number of ether oxygens (including phenoxy) is 1. The molecular formula is C11H11ClF2O2. The van der Waals surface area contributed by atoms with E-state index in [1.165, 1.54) is 13.2 Å². The van der Waals surface area contributed by atoms with E-state index >= 15 is 0 Å². The Morgan fingerprint density at radius 1 is 1.44 bits per heavy atom. The lowest BCUT2D eigenvalue weighted by Gasteiger charge is -2.06. The number of carbonyl (C=O) groups is 1. The molecule has 0 saturated carbocycles. The molecule has 0 fully saturated rings. The molecule has 0 spiro atoms. The van der Waals surface area contributed by atoms with Gasteiger partial charge in [0.15, 0.2) is 17.3 Å². The van der Waals surface area contributed by atoms with Gasteiger partial charge in [0.2, 0.25) is 5.82 Å². The molecule has 0 radical (unpaired) electrons. The van der Waals surface area contributed by atoms with Gasteiger partial charge in [-0.1, -0.05) is 0 Å². The minimum atomic E-state index is -1.09. The van der Waals surface area contributed by atoms with Crippen LogP contribution in [0.3, 0.4) is 0 Å². The van der Waals surface area contributed by atoms with Crippen LogP contribution in [0.5, 0.6) is 5.75 Å². The number of hydrogen-bond acceptors (Lipinski definition) is 2. The van der Waals surface area contributed by atoms with Crippen molar-refractivity contribution in [1.82, 2.24) is 0 Å². The third kappa shape index (κ3) is 2.92. The van der Waals surface area contributed by atoms with Crippen molar-refractivity contribution in [2.75, 3.05) is 13.0 Å². The standard InChI is InChI=1S/C11H11ClF2O2/c1-16-10-6-7(5-8(13)11(10)14)9(15)3-2-4-12/h5-6H,2-4H2,1H3. The zero-order valence-corrected chi connectivity index (χ0v) is 9.48. The fourth-order valence-corrected chi connectivity index (χ4v) is 1.38. The Morgan fingerprint density at radius 2 is 2.12 bits per heavy atom. The van der Waals surface area contributed by atoms with E-state index in [1.54, 1.807) is 0 Å². The summed E-state index contributed by atoms with van der Waals surface area (Å²) in [4.78, 5) is 11.5. The van der Waals surface area contributed by atoms with Gasteiger partial charge < -0.3 is 4.74 Å². The topological polar surface area (TPSA) is 26.3 Å². The first-order valence-corrected chi connectivity index (χ1v) is 5.25. The number of benzene rings is 1. The Hall–Kier alpha value is -1.16. The predicted octanol–water partition coefficient (Wildman–Crippen LogP) is 3.18. The van der Waals surface area contributed by atoms with E-state index in [4.69, 9.17) is 11.6 Å². The van der Waals surface area contributed by atoms with Gasteiger partial charge >= 0.3 is 0 Å². The summed E-state index contributed by atoms with van der Waals surface area (Å²) in [5.74, 6) is -2.37. The first kappa shape index (κ1) is 12.9. The average molecular weight is 249 g/mol. The van der Waals surface area contributed by atoms with Gasteiger partial charge in [-0.25, -0.2) is 4.39 Å². The van der Waals surface area contributed by atoms with E-state index in [0.717, 1.165) is 6.07 Å². The summed E-state index contributed by atoms with van der Waals surface area (Å²) in [6, 6.07) is 2.06. The van der Waals surface area contributed by atoms with E-state index in [0.29, 0.717) is 12.3 Å². The van der Waals surface area contributed by atoms with Crippen LogP contribution in [-0.4, -0.2) is 18.8 Å². The highest BCUT2D eigenvalue weighted by molar-refractivity contribution is 6.18. The minimum absolute atomic E-state index is 0.0980. The van der Waals surface area contributed by atoms with Crippen LogP contribution < -0.4 is 4.74 Å². The molecule has 1 aromatic rings. The molecule has 0 atom stereocenters. The van der Waals surface area contributed by atoms with Crippen molar-refractivity contribution < 1.29 is 18.3 Å². The zero-order chi connectivity index (χ0) is 12.1. The monoisotopic (exact) mass is 248 g/mol. The van der Waals surface area contributed by atoms with Crippen LogP contribution in [-0.2, 0) is 0 Å². The van der Waals surface area contributed by atoms with E-state index in [-0.39, 0.29) is 23.5 Å². The molecule has 0 unspecified atom stereocenters. The smallest absolute Gasteiger partial charge is 0.200 e. The Labute approximate surface area is 97.2 Å². The summed E-state index contributed by atoms with van der Waals surface area (Å²) in [5.41, 5.74) is 0.0980. The fourth-order valence-electron chi connectivity index (χ4n) is 1.25. The molecule has 1 rings (SSSR count). The molecule has 5 heteroatoms. The number of ketones is 1. The van der Waals surface area contributed by atoms with Gasteiger partial charge in [-0.05, 0) is 18.6 Å². The van der Waals surface area contributed by atoms with E-state index in [9.17, 15) is 13.6 Å². The van der Waals surface area contributed by atoms with E-state index in [1.807, 2.05) is 0 Å². The molecule has 0 amide bonds. The molecule has 0 aliphatic carbocycles. The largest absolute Gasteiger partial charge is 0.494 e. The van der Waals surface area contributed by atoms with Gasteiger partial charge in [0.1, 0.15) is 0 Å². The Balaban J connectivity index is 2.97. The Kier molecular flexibility index (Phi) is 4.68. The van der Waals surface area contributed by atoms with Crippen LogP contribution in [0, 0.1) is 11.6 Å². The molecule has 2 nitrogen and oxygen atoms in total. The number of carbonyl (C=O) groups excluding carboxylic acids is 1. The van der Waals surface area contributed by atoms with Gasteiger partial charge in [-0.15, -0.1) is 11.6 Å². The number of rotatable bonds is 5. The molecule has 0 aromatic heterocycles. The molecule has 0 aliphatic heterocycles. The second kappa shape index (κ2) is 5.80. The summed E-state index contributed by atoms with van der Waals surface area (Å²) < 4.78 is 30.8. The second-order valence-electron chi connectivity index (χ2n) is 3.19. The van der Waals surface area contributed by atoms with Crippen LogP contribution in [0.2, 0.25) is 0 Å². The van der Waals surface area contributed by atoms with Crippen LogP contribution in [0.4, 0.5) is 8.78 Å². The molecule has 16 heavy (non-hydrogen) atoms. The number of Topliss-reactive ketones (excluding diaryl/α,β-unsaturated/α-hetero) is 1. The summed E-state index contributed by atoms with van der Waals surface area (Å²) in [6.07, 6.45) is 0.708. The molecule has 0 aliphatic rings. The van der Waals surface area contributed by atoms with Gasteiger partial charge in [0.25, 0.3) is 0 Å². The van der Waals surface area contributed by atoms with Gasteiger partial charge in [0, 0.05) is 17.9 Å². The van der Waals surface area contributed by atoms with Crippen molar-refractivity contribution in [3.63, 3.8) is 0 Å². The first-order chi connectivity index (χ1) is 7.60. The lowest BCUT2D eigenvalue weighted by Crippen LogP contribution is -2.03. The summed E-state index contributed by atoms with van der Waals surface area (Å²) in [7, 11) is 1.21. The maximum atomic E-state index is 13.1. The molecule has 0 N–H and O–H groups in total. The Morgan fingerprint density at radius 3 is 2.69 bits per heavy atom. The van der Waals surface area contributed by atoms with Crippen molar-refractivity contribution in [3.05, 3.63) is 29.3 Å². The molecular weight excluding hydrogens is 238 g/mol. The first-order valence-electron chi connectivity index (χ1n) is 4.72.